The SMILES string of the molecule is CCCC(CN)NC(=O)NC(C)C. The normalized spacial score (nSPS) is 12.7. The zero-order chi connectivity index (χ0) is 10.3. The Balaban J connectivity index is 3.73. The van der Waals surface area contributed by atoms with E-state index in [9.17, 15) is 4.79 Å². The first-order valence-electron chi connectivity index (χ1n) is 4.87. The Kier molecular flexibility index (Phi) is 6.32. The third-order valence-corrected chi connectivity index (χ3v) is 1.68. The number of amides is 2. The van der Waals surface area contributed by atoms with Gasteiger partial charge in [-0.05, 0) is 20.3 Å². The molecule has 4 nitrogen and oxygen atoms in total. The van der Waals surface area contributed by atoms with Gasteiger partial charge in [0.2, 0.25) is 0 Å². The van der Waals surface area contributed by atoms with E-state index in [1.54, 1.807) is 0 Å². The van der Waals surface area contributed by atoms with Crippen LogP contribution in [0.1, 0.15) is 33.6 Å². The average molecular weight is 187 g/mol. The second-order valence-corrected chi connectivity index (χ2v) is 3.49. The van der Waals surface area contributed by atoms with Crippen LogP contribution in [-0.2, 0) is 0 Å². The molecule has 0 spiro atoms. The monoisotopic (exact) mass is 187 g/mol. The number of carbonyl (C=O) groups is 1. The molecule has 78 valence electrons. The van der Waals surface area contributed by atoms with Crippen molar-refractivity contribution in [1.82, 2.24) is 10.6 Å². The maximum atomic E-state index is 11.2. The molecule has 0 aromatic carbocycles. The van der Waals surface area contributed by atoms with Crippen molar-refractivity contribution in [3.63, 3.8) is 0 Å². The van der Waals surface area contributed by atoms with E-state index in [1.165, 1.54) is 0 Å². The third kappa shape index (κ3) is 6.40. The standard InChI is InChI=1S/C9H21N3O/c1-4-5-8(6-10)12-9(13)11-7(2)3/h7-8H,4-6,10H2,1-3H3,(H2,11,12,13). The van der Waals surface area contributed by atoms with Gasteiger partial charge in [-0.1, -0.05) is 13.3 Å². The molecule has 13 heavy (non-hydrogen) atoms. The van der Waals surface area contributed by atoms with Crippen LogP contribution in [0.5, 0.6) is 0 Å². The number of nitrogens with two attached hydrogens (primary N) is 1. The summed E-state index contributed by atoms with van der Waals surface area (Å²) < 4.78 is 0. The fourth-order valence-electron chi connectivity index (χ4n) is 1.09. The van der Waals surface area contributed by atoms with Crippen LogP contribution in [0.4, 0.5) is 4.79 Å². The van der Waals surface area contributed by atoms with E-state index in [0.717, 1.165) is 12.8 Å². The number of carbonyl (C=O) groups excluding carboxylic acids is 1. The van der Waals surface area contributed by atoms with Gasteiger partial charge in [-0.3, -0.25) is 0 Å². The van der Waals surface area contributed by atoms with Crippen LogP contribution in [0.3, 0.4) is 0 Å². The lowest BCUT2D eigenvalue weighted by Crippen LogP contribution is -2.47. The molecule has 4 N–H and O–H groups in total. The first-order chi connectivity index (χ1) is 6.10. The van der Waals surface area contributed by atoms with Crippen molar-refractivity contribution in [2.45, 2.75) is 45.7 Å². The van der Waals surface area contributed by atoms with Crippen molar-refractivity contribution in [2.24, 2.45) is 5.73 Å². The molecule has 1 atom stereocenters. The van der Waals surface area contributed by atoms with Crippen LogP contribution in [0, 0.1) is 0 Å². The molecule has 1 unspecified atom stereocenters. The van der Waals surface area contributed by atoms with Gasteiger partial charge in [0, 0.05) is 18.6 Å². The second-order valence-electron chi connectivity index (χ2n) is 3.49. The van der Waals surface area contributed by atoms with E-state index in [2.05, 4.69) is 17.6 Å². The van der Waals surface area contributed by atoms with Gasteiger partial charge in [0.05, 0.1) is 0 Å². The molecule has 0 aliphatic heterocycles. The molecule has 0 saturated carbocycles. The van der Waals surface area contributed by atoms with Gasteiger partial charge in [-0.2, -0.15) is 0 Å². The van der Waals surface area contributed by atoms with Crippen molar-refractivity contribution in [3.05, 3.63) is 0 Å². The van der Waals surface area contributed by atoms with Crippen molar-refractivity contribution >= 4 is 6.03 Å². The van der Waals surface area contributed by atoms with E-state index in [1.807, 2.05) is 13.8 Å². The molecule has 0 aromatic heterocycles. The Morgan fingerprint density at radius 1 is 1.38 bits per heavy atom. The first-order valence-corrected chi connectivity index (χ1v) is 4.87. The first kappa shape index (κ1) is 12.2. The fourth-order valence-corrected chi connectivity index (χ4v) is 1.09. The summed E-state index contributed by atoms with van der Waals surface area (Å²) in [5.41, 5.74) is 5.50. The van der Waals surface area contributed by atoms with Crippen LogP contribution in [0.25, 0.3) is 0 Å². The molecule has 0 bridgehead atoms. The minimum atomic E-state index is -0.126. The summed E-state index contributed by atoms with van der Waals surface area (Å²) in [7, 11) is 0. The Bertz CT molecular complexity index is 148. The highest BCUT2D eigenvalue weighted by Gasteiger charge is 2.09. The molecule has 4 heteroatoms. The van der Waals surface area contributed by atoms with Gasteiger partial charge in [-0.25, -0.2) is 4.79 Å². The van der Waals surface area contributed by atoms with Gasteiger partial charge in [0.25, 0.3) is 0 Å². The van der Waals surface area contributed by atoms with E-state index >= 15 is 0 Å². The summed E-state index contributed by atoms with van der Waals surface area (Å²) in [4.78, 5) is 11.2. The van der Waals surface area contributed by atoms with E-state index in [-0.39, 0.29) is 18.1 Å². The lowest BCUT2D eigenvalue weighted by molar-refractivity contribution is 0.234. The molecular weight excluding hydrogens is 166 g/mol. The number of hydrogen-bond donors (Lipinski definition) is 3. The van der Waals surface area contributed by atoms with E-state index in [0.29, 0.717) is 6.54 Å². The van der Waals surface area contributed by atoms with Crippen molar-refractivity contribution in [2.75, 3.05) is 6.54 Å². The van der Waals surface area contributed by atoms with Gasteiger partial charge in [0.1, 0.15) is 0 Å². The summed E-state index contributed by atoms with van der Waals surface area (Å²) in [5.74, 6) is 0. The number of nitrogens with one attached hydrogen (secondary N) is 2. The predicted molar refractivity (Wildman–Crippen MR) is 54.6 cm³/mol. The Morgan fingerprint density at radius 2 is 2.00 bits per heavy atom. The smallest absolute Gasteiger partial charge is 0.315 e. The zero-order valence-electron chi connectivity index (χ0n) is 8.76. The van der Waals surface area contributed by atoms with Crippen LogP contribution in [0.2, 0.25) is 0 Å². The van der Waals surface area contributed by atoms with Crippen molar-refractivity contribution < 1.29 is 4.79 Å². The Hall–Kier alpha value is -0.770. The summed E-state index contributed by atoms with van der Waals surface area (Å²) in [6.07, 6.45) is 1.96. The number of hydrogen-bond acceptors (Lipinski definition) is 2. The summed E-state index contributed by atoms with van der Waals surface area (Å²) in [6.45, 7) is 6.43. The zero-order valence-corrected chi connectivity index (χ0v) is 8.76. The molecule has 0 aliphatic rings. The molecular formula is C9H21N3O. The quantitative estimate of drug-likeness (QED) is 0.596. The average Bonchev–Trinajstić information content (AvgIpc) is 2.02. The van der Waals surface area contributed by atoms with Gasteiger partial charge in [0.15, 0.2) is 0 Å². The van der Waals surface area contributed by atoms with Crippen LogP contribution < -0.4 is 16.4 Å². The Morgan fingerprint density at radius 3 is 2.38 bits per heavy atom. The third-order valence-electron chi connectivity index (χ3n) is 1.68. The molecule has 2 amide bonds. The minimum Gasteiger partial charge on any atom is -0.336 e. The highest BCUT2D eigenvalue weighted by Crippen LogP contribution is 1.93. The molecule has 0 aromatic rings. The second kappa shape index (κ2) is 6.71. The van der Waals surface area contributed by atoms with Crippen molar-refractivity contribution in [1.29, 1.82) is 0 Å². The molecule has 0 rings (SSSR count). The number of urea groups is 1. The maximum absolute atomic E-state index is 11.2. The largest absolute Gasteiger partial charge is 0.336 e. The van der Waals surface area contributed by atoms with E-state index < -0.39 is 0 Å². The molecule has 0 saturated heterocycles. The fraction of sp³-hybridized carbons (Fsp3) is 0.889. The highest BCUT2D eigenvalue weighted by atomic mass is 16.2. The van der Waals surface area contributed by atoms with Gasteiger partial charge >= 0.3 is 6.03 Å². The van der Waals surface area contributed by atoms with Crippen LogP contribution >= 0.6 is 0 Å². The Labute approximate surface area is 80.3 Å². The van der Waals surface area contributed by atoms with Gasteiger partial charge in [-0.15, -0.1) is 0 Å². The number of rotatable bonds is 5. The van der Waals surface area contributed by atoms with Crippen LogP contribution in [-0.4, -0.2) is 24.7 Å². The minimum absolute atomic E-state index is 0.101. The summed E-state index contributed by atoms with van der Waals surface area (Å²) in [5, 5.41) is 5.58. The summed E-state index contributed by atoms with van der Waals surface area (Å²) >= 11 is 0. The van der Waals surface area contributed by atoms with Crippen molar-refractivity contribution in [3.8, 4) is 0 Å². The molecule has 0 aliphatic carbocycles. The highest BCUT2D eigenvalue weighted by molar-refractivity contribution is 5.74. The van der Waals surface area contributed by atoms with Gasteiger partial charge < -0.3 is 16.4 Å². The topological polar surface area (TPSA) is 67.1 Å². The molecule has 0 heterocycles. The van der Waals surface area contributed by atoms with E-state index in [4.69, 9.17) is 5.73 Å². The van der Waals surface area contributed by atoms with Crippen LogP contribution in [0.15, 0.2) is 0 Å². The maximum Gasteiger partial charge on any atom is 0.315 e. The lowest BCUT2D eigenvalue weighted by atomic mass is 10.2. The summed E-state index contributed by atoms with van der Waals surface area (Å²) in [6, 6.07) is 0.141. The predicted octanol–water partition coefficient (Wildman–Crippen LogP) is 0.821. The molecule has 0 fully saturated rings. The lowest BCUT2D eigenvalue weighted by Gasteiger charge is -2.17. The molecule has 0 radical (unpaired) electrons.